The Balaban J connectivity index is 1.58. The fourth-order valence-electron chi connectivity index (χ4n) is 3.99. The van der Waals surface area contributed by atoms with Crippen molar-refractivity contribution in [3.8, 4) is 0 Å². The number of nitrogens with zero attached hydrogens (tertiary/aromatic N) is 1. The summed E-state index contributed by atoms with van der Waals surface area (Å²) in [4.78, 5) is 39.4. The van der Waals surface area contributed by atoms with E-state index >= 15 is 0 Å². The molecule has 2 aromatic rings. The van der Waals surface area contributed by atoms with Gasteiger partial charge in [-0.05, 0) is 36.0 Å². The minimum Gasteiger partial charge on any atom is -0.347 e. The van der Waals surface area contributed by atoms with E-state index in [9.17, 15) is 14.4 Å². The van der Waals surface area contributed by atoms with E-state index in [-0.39, 0.29) is 30.7 Å². The molecule has 2 atom stereocenters. The van der Waals surface area contributed by atoms with Crippen LogP contribution >= 0.6 is 0 Å². The van der Waals surface area contributed by atoms with Crippen molar-refractivity contribution < 1.29 is 14.4 Å². The Morgan fingerprint density at radius 2 is 1.53 bits per heavy atom. The molecule has 6 nitrogen and oxygen atoms in total. The van der Waals surface area contributed by atoms with Crippen LogP contribution in [-0.2, 0) is 16.0 Å². The third-order valence-corrected chi connectivity index (χ3v) is 5.24. The lowest BCUT2D eigenvalue weighted by Crippen LogP contribution is -2.43. The molecule has 0 aromatic heterocycles. The molecule has 0 unspecified atom stereocenters. The van der Waals surface area contributed by atoms with Crippen LogP contribution in [0.15, 0.2) is 54.6 Å². The first-order chi connectivity index (χ1) is 14.4. The zero-order valence-electron chi connectivity index (χ0n) is 17.6. The Morgan fingerprint density at radius 1 is 0.900 bits per heavy atom. The quantitative estimate of drug-likeness (QED) is 0.772. The highest BCUT2D eigenvalue weighted by Crippen LogP contribution is 2.25. The van der Waals surface area contributed by atoms with E-state index in [1.54, 1.807) is 24.3 Å². The Morgan fingerprint density at radius 3 is 2.23 bits per heavy atom. The van der Waals surface area contributed by atoms with Gasteiger partial charge in [0.2, 0.25) is 11.8 Å². The number of likely N-dealkylation sites (tertiary alicyclic amines) is 1. The first-order valence-electron chi connectivity index (χ1n) is 10.4. The maximum Gasteiger partial charge on any atom is 0.255 e. The molecule has 158 valence electrons. The number of benzene rings is 2. The molecule has 6 heteroatoms. The zero-order chi connectivity index (χ0) is 21.5. The van der Waals surface area contributed by atoms with Gasteiger partial charge in [0.1, 0.15) is 0 Å². The number of hydrogen-bond donors (Lipinski definition) is 2. The lowest BCUT2D eigenvalue weighted by molar-refractivity contribution is -0.123. The highest BCUT2D eigenvalue weighted by atomic mass is 16.2. The van der Waals surface area contributed by atoms with Crippen molar-refractivity contribution in [1.82, 2.24) is 10.2 Å². The average molecular weight is 408 g/mol. The third kappa shape index (κ3) is 5.92. The number of carbonyl (C=O) groups is 3. The fourth-order valence-corrected chi connectivity index (χ4v) is 3.99. The lowest BCUT2D eigenvalue weighted by Gasteiger charge is -2.35. The van der Waals surface area contributed by atoms with Crippen LogP contribution in [0, 0.1) is 11.8 Å². The van der Waals surface area contributed by atoms with Gasteiger partial charge in [-0.15, -0.1) is 0 Å². The van der Waals surface area contributed by atoms with E-state index in [1.807, 2.05) is 35.2 Å². The van der Waals surface area contributed by atoms with Crippen LogP contribution in [0.4, 0.5) is 5.69 Å². The molecular formula is C24H29N3O3. The molecular weight excluding hydrogens is 378 g/mol. The summed E-state index contributed by atoms with van der Waals surface area (Å²) in [5.41, 5.74) is 1.83. The predicted molar refractivity (Wildman–Crippen MR) is 117 cm³/mol. The normalized spacial score (nSPS) is 18.5. The van der Waals surface area contributed by atoms with Gasteiger partial charge in [-0.2, -0.15) is 0 Å². The molecule has 0 radical (unpaired) electrons. The molecule has 0 bridgehead atoms. The van der Waals surface area contributed by atoms with Crippen molar-refractivity contribution >= 4 is 23.4 Å². The summed E-state index contributed by atoms with van der Waals surface area (Å²) < 4.78 is 0. The molecule has 0 saturated carbocycles. The molecule has 1 aliphatic heterocycles. The van der Waals surface area contributed by atoms with Gasteiger partial charge < -0.3 is 15.5 Å². The maximum absolute atomic E-state index is 13.1. The van der Waals surface area contributed by atoms with Crippen LogP contribution in [0.3, 0.4) is 0 Å². The van der Waals surface area contributed by atoms with E-state index in [0.717, 1.165) is 25.1 Å². The number of nitrogens with one attached hydrogen (secondary N) is 2. The number of anilines is 1. The van der Waals surface area contributed by atoms with Gasteiger partial charge in [0.05, 0.1) is 24.2 Å². The van der Waals surface area contributed by atoms with E-state index in [4.69, 9.17) is 0 Å². The van der Waals surface area contributed by atoms with E-state index in [1.165, 1.54) is 0 Å². The topological polar surface area (TPSA) is 78.5 Å². The average Bonchev–Trinajstić information content (AvgIpc) is 2.72. The van der Waals surface area contributed by atoms with Gasteiger partial charge in [-0.1, -0.05) is 56.3 Å². The van der Waals surface area contributed by atoms with Gasteiger partial charge in [0, 0.05) is 13.1 Å². The summed E-state index contributed by atoms with van der Waals surface area (Å²) in [6, 6.07) is 16.4. The zero-order valence-corrected chi connectivity index (χ0v) is 17.6. The van der Waals surface area contributed by atoms with Crippen LogP contribution in [0.2, 0.25) is 0 Å². The highest BCUT2D eigenvalue weighted by Gasteiger charge is 2.27. The van der Waals surface area contributed by atoms with Gasteiger partial charge >= 0.3 is 0 Å². The van der Waals surface area contributed by atoms with Gasteiger partial charge in [-0.3, -0.25) is 14.4 Å². The van der Waals surface area contributed by atoms with Gasteiger partial charge in [0.15, 0.2) is 0 Å². The van der Waals surface area contributed by atoms with Crippen molar-refractivity contribution in [1.29, 1.82) is 0 Å². The second-order valence-electron chi connectivity index (χ2n) is 8.19. The third-order valence-electron chi connectivity index (χ3n) is 5.24. The molecule has 0 spiro atoms. The summed E-state index contributed by atoms with van der Waals surface area (Å²) in [7, 11) is 0. The predicted octanol–water partition coefficient (Wildman–Crippen LogP) is 3.10. The van der Waals surface area contributed by atoms with Crippen molar-refractivity contribution in [3.63, 3.8) is 0 Å². The first-order valence-corrected chi connectivity index (χ1v) is 10.4. The number of para-hydroxylation sites is 1. The molecule has 1 saturated heterocycles. The van der Waals surface area contributed by atoms with Crippen molar-refractivity contribution in [2.45, 2.75) is 26.7 Å². The maximum atomic E-state index is 13.1. The van der Waals surface area contributed by atoms with Crippen molar-refractivity contribution in [3.05, 3.63) is 65.7 Å². The van der Waals surface area contributed by atoms with Gasteiger partial charge in [-0.25, -0.2) is 0 Å². The molecule has 2 aromatic carbocycles. The standard InChI is InChI=1S/C24H29N3O3/c1-17-12-18(2)16-27(15-17)24(30)20-10-6-7-11-21(20)26-23(29)14-25-22(28)13-19-8-4-3-5-9-19/h3-11,17-18H,12-16H2,1-2H3,(H,25,28)(H,26,29)/t17-,18+. The Kier molecular flexibility index (Phi) is 7.22. The second kappa shape index (κ2) is 10.1. The summed E-state index contributed by atoms with van der Waals surface area (Å²) in [6.45, 7) is 5.61. The Hall–Kier alpha value is -3.15. The monoisotopic (exact) mass is 407 g/mol. The van der Waals surface area contributed by atoms with E-state index < -0.39 is 0 Å². The summed E-state index contributed by atoms with van der Waals surface area (Å²) in [5.74, 6) is 0.255. The minimum absolute atomic E-state index is 0.0718. The van der Waals surface area contributed by atoms with Crippen molar-refractivity contribution in [2.75, 3.05) is 25.0 Å². The SMILES string of the molecule is C[C@@H]1C[C@H](C)CN(C(=O)c2ccccc2NC(=O)CNC(=O)Cc2ccccc2)C1. The summed E-state index contributed by atoms with van der Waals surface area (Å²) in [6.07, 6.45) is 1.33. The summed E-state index contributed by atoms with van der Waals surface area (Å²) >= 11 is 0. The van der Waals surface area contributed by atoms with Crippen LogP contribution in [0.25, 0.3) is 0 Å². The minimum atomic E-state index is -0.364. The van der Waals surface area contributed by atoms with Gasteiger partial charge in [0.25, 0.3) is 5.91 Å². The lowest BCUT2D eigenvalue weighted by atomic mass is 9.91. The Labute approximate surface area is 177 Å². The number of hydrogen-bond acceptors (Lipinski definition) is 3. The van der Waals surface area contributed by atoms with Crippen molar-refractivity contribution in [2.24, 2.45) is 11.8 Å². The summed E-state index contributed by atoms with van der Waals surface area (Å²) in [5, 5.41) is 5.40. The fraction of sp³-hybridized carbons (Fsp3) is 0.375. The largest absolute Gasteiger partial charge is 0.347 e. The second-order valence-corrected chi connectivity index (χ2v) is 8.19. The van der Waals surface area contributed by atoms with Crippen LogP contribution in [0.1, 0.15) is 36.2 Å². The van der Waals surface area contributed by atoms with Crippen LogP contribution in [0.5, 0.6) is 0 Å². The van der Waals surface area contributed by atoms with Crippen LogP contribution < -0.4 is 10.6 Å². The number of piperidine rings is 1. The molecule has 30 heavy (non-hydrogen) atoms. The molecule has 1 aliphatic rings. The Bertz CT molecular complexity index is 888. The first kappa shape index (κ1) is 21.6. The molecule has 3 amide bonds. The molecule has 2 N–H and O–H groups in total. The number of rotatable bonds is 6. The highest BCUT2D eigenvalue weighted by molar-refractivity contribution is 6.04. The molecule has 1 heterocycles. The molecule has 3 rings (SSSR count). The molecule has 0 aliphatic carbocycles. The number of carbonyl (C=O) groups excluding carboxylic acids is 3. The van der Waals surface area contributed by atoms with Crippen LogP contribution in [-0.4, -0.2) is 42.3 Å². The number of amides is 3. The molecule has 1 fully saturated rings. The van der Waals surface area contributed by atoms with E-state index in [2.05, 4.69) is 24.5 Å². The smallest absolute Gasteiger partial charge is 0.255 e. The van der Waals surface area contributed by atoms with E-state index in [0.29, 0.717) is 23.1 Å².